The summed E-state index contributed by atoms with van der Waals surface area (Å²) in [7, 11) is 0. The molecule has 1 aromatic carbocycles. The van der Waals surface area contributed by atoms with E-state index in [1.54, 1.807) is 43.9 Å². The van der Waals surface area contributed by atoms with Crippen LogP contribution >= 0.6 is 11.6 Å². The Hall–Kier alpha value is -2.16. The van der Waals surface area contributed by atoms with Crippen LogP contribution in [0, 0.1) is 0 Å². The van der Waals surface area contributed by atoms with Crippen molar-refractivity contribution in [2.24, 2.45) is 5.73 Å². The maximum atomic E-state index is 13.0. The lowest BCUT2D eigenvalue weighted by Gasteiger charge is -2.27. The molecule has 9 heteroatoms. The van der Waals surface area contributed by atoms with Crippen molar-refractivity contribution >= 4 is 29.4 Å². The Morgan fingerprint density at radius 2 is 1.86 bits per heavy atom. The van der Waals surface area contributed by atoms with Crippen molar-refractivity contribution < 1.29 is 19.1 Å². The molecule has 0 spiro atoms. The van der Waals surface area contributed by atoms with Crippen LogP contribution in [0.3, 0.4) is 0 Å². The molecule has 0 radical (unpaired) electrons. The Bertz CT molecular complexity index is 911. The maximum Gasteiger partial charge on any atom is 0.328 e. The first-order valence-corrected chi connectivity index (χ1v) is 13.0. The van der Waals surface area contributed by atoms with Gasteiger partial charge in [0, 0.05) is 24.2 Å². The van der Waals surface area contributed by atoms with Gasteiger partial charge in [-0.25, -0.2) is 4.79 Å². The first kappa shape index (κ1) is 27.4. The summed E-state index contributed by atoms with van der Waals surface area (Å²) in [6.45, 7) is 6.32. The third-order valence-electron chi connectivity index (χ3n) is 6.58. The number of hydrogen-bond donors (Lipinski definition) is 3. The Balaban J connectivity index is 1.60. The molecule has 2 atom stereocenters. The predicted octanol–water partition coefficient (Wildman–Crippen LogP) is 3.21. The summed E-state index contributed by atoms with van der Waals surface area (Å²) in [5.41, 5.74) is 6.70. The smallest absolute Gasteiger partial charge is 0.328 e. The minimum atomic E-state index is -1.01. The lowest BCUT2D eigenvalue weighted by Crippen LogP contribution is -2.49. The number of hydrogen-bond acceptors (Lipinski definition) is 6. The highest BCUT2D eigenvalue weighted by atomic mass is 35.5. The van der Waals surface area contributed by atoms with Crippen LogP contribution in [0.4, 0.5) is 0 Å². The van der Waals surface area contributed by atoms with Crippen LogP contribution in [0.15, 0.2) is 18.2 Å². The van der Waals surface area contributed by atoms with Crippen molar-refractivity contribution in [3.05, 3.63) is 34.3 Å². The van der Waals surface area contributed by atoms with E-state index in [2.05, 4.69) is 10.6 Å². The van der Waals surface area contributed by atoms with Gasteiger partial charge in [0.25, 0.3) is 0 Å². The number of nitrogens with two attached hydrogens (primary N) is 1. The molecule has 8 nitrogen and oxygen atoms in total. The van der Waals surface area contributed by atoms with Crippen molar-refractivity contribution in [1.29, 1.82) is 0 Å². The van der Waals surface area contributed by atoms with Gasteiger partial charge in [-0.3, -0.25) is 9.59 Å². The SMILES string of the molecule is CC(C)(C)OC(=O)C(N)c1ccc(Cl)cc1CNC(=O)[C@@H]1CCCN1C(=O)CNC1CCCCC1. The number of halogens is 1. The Kier molecular flexibility index (Phi) is 9.55. The van der Waals surface area contributed by atoms with E-state index in [9.17, 15) is 14.4 Å². The second-order valence-corrected chi connectivity index (χ2v) is 11.0. The molecule has 2 amide bonds. The van der Waals surface area contributed by atoms with Gasteiger partial charge in [-0.15, -0.1) is 0 Å². The van der Waals surface area contributed by atoms with Gasteiger partial charge in [0.2, 0.25) is 11.8 Å². The highest BCUT2D eigenvalue weighted by Crippen LogP contribution is 2.24. The summed E-state index contributed by atoms with van der Waals surface area (Å²) < 4.78 is 5.42. The first-order chi connectivity index (χ1) is 16.5. The van der Waals surface area contributed by atoms with Crippen LogP contribution < -0.4 is 16.4 Å². The molecule has 1 aliphatic carbocycles. The number of amides is 2. The minimum absolute atomic E-state index is 0.0383. The Morgan fingerprint density at radius 3 is 2.54 bits per heavy atom. The summed E-state index contributed by atoms with van der Waals surface area (Å²) in [6, 6.07) is 3.90. The third kappa shape index (κ3) is 7.92. The average molecular weight is 507 g/mol. The van der Waals surface area contributed by atoms with E-state index < -0.39 is 23.7 Å². The molecule has 1 heterocycles. The monoisotopic (exact) mass is 506 g/mol. The van der Waals surface area contributed by atoms with E-state index in [1.165, 1.54) is 19.3 Å². The second-order valence-electron chi connectivity index (χ2n) is 10.5. The number of carbonyl (C=O) groups excluding carboxylic acids is 3. The number of likely N-dealkylation sites (tertiary alicyclic amines) is 1. The molecule has 1 unspecified atom stereocenters. The van der Waals surface area contributed by atoms with Gasteiger partial charge < -0.3 is 26.0 Å². The zero-order valence-electron chi connectivity index (χ0n) is 21.1. The topological polar surface area (TPSA) is 114 Å². The van der Waals surface area contributed by atoms with Gasteiger partial charge in [-0.05, 0) is 69.7 Å². The molecule has 2 aliphatic rings. The molecule has 35 heavy (non-hydrogen) atoms. The van der Waals surface area contributed by atoms with Gasteiger partial charge in [0.15, 0.2) is 0 Å². The van der Waals surface area contributed by atoms with Crippen molar-refractivity contribution in [3.8, 4) is 0 Å². The van der Waals surface area contributed by atoms with E-state index in [4.69, 9.17) is 22.1 Å². The molecule has 1 saturated heterocycles. The molecule has 0 bridgehead atoms. The maximum absolute atomic E-state index is 13.0. The number of benzene rings is 1. The van der Waals surface area contributed by atoms with Gasteiger partial charge in [-0.1, -0.05) is 36.9 Å². The minimum Gasteiger partial charge on any atom is -0.459 e. The summed E-state index contributed by atoms with van der Waals surface area (Å²) >= 11 is 6.18. The van der Waals surface area contributed by atoms with Gasteiger partial charge in [0.05, 0.1) is 6.54 Å². The fraction of sp³-hybridized carbons (Fsp3) is 0.654. The van der Waals surface area contributed by atoms with Gasteiger partial charge in [0.1, 0.15) is 17.7 Å². The third-order valence-corrected chi connectivity index (χ3v) is 6.81. The molecule has 4 N–H and O–H groups in total. The highest BCUT2D eigenvalue weighted by molar-refractivity contribution is 6.30. The molecule has 3 rings (SSSR count). The van der Waals surface area contributed by atoms with Crippen molar-refractivity contribution in [1.82, 2.24) is 15.5 Å². The van der Waals surface area contributed by atoms with Crippen LogP contribution in [-0.4, -0.2) is 53.5 Å². The Labute approximate surface area is 213 Å². The molecule has 194 valence electrons. The van der Waals surface area contributed by atoms with E-state index in [1.807, 2.05) is 0 Å². The molecular weight excluding hydrogens is 468 g/mol. The van der Waals surface area contributed by atoms with E-state index >= 15 is 0 Å². The number of nitrogens with zero attached hydrogens (tertiary/aromatic N) is 1. The van der Waals surface area contributed by atoms with Crippen molar-refractivity contribution in [2.75, 3.05) is 13.1 Å². The Morgan fingerprint density at radius 1 is 1.14 bits per heavy atom. The largest absolute Gasteiger partial charge is 0.459 e. The van der Waals surface area contributed by atoms with Gasteiger partial charge >= 0.3 is 5.97 Å². The molecule has 1 saturated carbocycles. The van der Waals surface area contributed by atoms with Crippen LogP contribution in [0.5, 0.6) is 0 Å². The molecule has 0 aromatic heterocycles. The quantitative estimate of drug-likeness (QED) is 0.466. The number of nitrogens with one attached hydrogen (secondary N) is 2. The fourth-order valence-electron chi connectivity index (χ4n) is 4.80. The van der Waals surface area contributed by atoms with E-state index in [0.717, 1.165) is 19.3 Å². The molecule has 1 aromatic rings. The van der Waals surface area contributed by atoms with Crippen LogP contribution in [0.25, 0.3) is 0 Å². The normalized spacial score (nSPS) is 19.9. The average Bonchev–Trinajstić information content (AvgIpc) is 3.30. The predicted molar refractivity (Wildman–Crippen MR) is 136 cm³/mol. The summed E-state index contributed by atoms with van der Waals surface area (Å²) in [4.78, 5) is 40.1. The summed E-state index contributed by atoms with van der Waals surface area (Å²) in [6.07, 6.45) is 7.28. The van der Waals surface area contributed by atoms with Crippen LogP contribution in [0.2, 0.25) is 5.02 Å². The van der Waals surface area contributed by atoms with Crippen molar-refractivity contribution in [3.63, 3.8) is 0 Å². The van der Waals surface area contributed by atoms with Crippen LogP contribution in [-0.2, 0) is 25.7 Å². The van der Waals surface area contributed by atoms with E-state index in [0.29, 0.717) is 35.2 Å². The zero-order chi connectivity index (χ0) is 25.6. The molecular formula is C26H39ClN4O4. The molecule has 2 fully saturated rings. The second kappa shape index (κ2) is 12.2. The van der Waals surface area contributed by atoms with Gasteiger partial charge in [-0.2, -0.15) is 0 Å². The number of esters is 1. The lowest BCUT2D eigenvalue weighted by atomic mass is 9.95. The first-order valence-electron chi connectivity index (χ1n) is 12.6. The standard InChI is InChI=1S/C26H39ClN4O4/c1-26(2,3)35-25(34)23(28)20-12-11-18(27)14-17(20)15-30-24(33)21-10-7-13-31(21)22(32)16-29-19-8-5-4-6-9-19/h11-12,14,19,21,23,29H,4-10,13,15-16,28H2,1-3H3,(H,30,33)/t21-,23?/m0/s1. The number of carbonyl (C=O) groups is 3. The summed E-state index contributed by atoms with van der Waals surface area (Å²) in [5.74, 6) is -0.806. The zero-order valence-corrected chi connectivity index (χ0v) is 21.8. The molecule has 1 aliphatic heterocycles. The highest BCUT2D eigenvalue weighted by Gasteiger charge is 2.34. The number of ether oxygens (including phenoxy) is 1. The number of rotatable bonds is 8. The van der Waals surface area contributed by atoms with Crippen molar-refractivity contribution in [2.45, 2.75) is 96.0 Å². The summed E-state index contributed by atoms with van der Waals surface area (Å²) in [5, 5.41) is 6.77. The van der Waals surface area contributed by atoms with Crippen LogP contribution in [0.1, 0.15) is 82.9 Å². The van der Waals surface area contributed by atoms with E-state index in [-0.39, 0.29) is 24.9 Å². The lowest BCUT2D eigenvalue weighted by molar-refractivity contribution is -0.156. The fourth-order valence-corrected chi connectivity index (χ4v) is 5.00.